The molecule has 1 N–H and O–H groups in total. The maximum Gasteiger partial charge on any atom is 0.266 e. The number of aromatic hydroxyl groups is 1. The van der Waals surface area contributed by atoms with Gasteiger partial charge in [0.2, 0.25) is 0 Å². The van der Waals surface area contributed by atoms with Crippen LogP contribution < -0.4 is 5.56 Å². The Balaban J connectivity index is 2.28. The van der Waals surface area contributed by atoms with Gasteiger partial charge in [-0.05, 0) is 30.7 Å². The van der Waals surface area contributed by atoms with E-state index in [0.29, 0.717) is 22.5 Å². The van der Waals surface area contributed by atoms with E-state index in [9.17, 15) is 9.90 Å². The largest absolute Gasteiger partial charge is 0.506 e. The number of oxime groups is 1. The van der Waals surface area contributed by atoms with Crippen LogP contribution in [-0.2, 0) is 11.4 Å². The van der Waals surface area contributed by atoms with Crippen molar-refractivity contribution < 1.29 is 9.94 Å². The van der Waals surface area contributed by atoms with Crippen LogP contribution in [0.2, 0.25) is 5.02 Å². The van der Waals surface area contributed by atoms with Crippen molar-refractivity contribution in [1.82, 2.24) is 4.57 Å². The van der Waals surface area contributed by atoms with Gasteiger partial charge in [-0.15, -0.1) is 0 Å². The molecule has 26 heavy (non-hydrogen) atoms. The average molecular weight is 369 g/mol. The average Bonchev–Trinajstić information content (AvgIpc) is 2.64. The number of hydrogen-bond acceptors (Lipinski definition) is 4. The van der Waals surface area contributed by atoms with Crippen LogP contribution in [0.4, 0.5) is 0 Å². The van der Waals surface area contributed by atoms with Crippen molar-refractivity contribution in [2.45, 2.75) is 13.5 Å². The topological polar surface area (TPSA) is 63.8 Å². The predicted molar refractivity (Wildman–Crippen MR) is 105 cm³/mol. The van der Waals surface area contributed by atoms with Gasteiger partial charge in [0.15, 0.2) is 5.76 Å². The molecule has 0 aliphatic heterocycles. The van der Waals surface area contributed by atoms with Gasteiger partial charge in [-0.3, -0.25) is 4.79 Å². The SMILES string of the molecule is C=C(O/N=C/C)c1c(O)c2cc(Cl)ccc2n(Cc2ccccc2)c1=O. The number of halogens is 1. The zero-order chi connectivity index (χ0) is 18.7. The predicted octanol–water partition coefficient (Wildman–Crippen LogP) is 4.40. The number of nitrogens with zero attached hydrogens (tertiary/aromatic N) is 2. The van der Waals surface area contributed by atoms with Crippen LogP contribution in [0.15, 0.2) is 65.1 Å². The molecule has 0 saturated heterocycles. The quantitative estimate of drug-likeness (QED) is 0.412. The molecule has 2 aromatic carbocycles. The molecule has 0 amide bonds. The summed E-state index contributed by atoms with van der Waals surface area (Å²) in [5.41, 5.74) is 1.05. The van der Waals surface area contributed by atoms with Crippen molar-refractivity contribution in [3.63, 3.8) is 0 Å². The number of benzene rings is 2. The van der Waals surface area contributed by atoms with E-state index in [1.165, 1.54) is 6.21 Å². The van der Waals surface area contributed by atoms with E-state index in [1.807, 2.05) is 30.3 Å². The first-order valence-corrected chi connectivity index (χ1v) is 8.34. The molecule has 5 nitrogen and oxygen atoms in total. The minimum atomic E-state index is -0.419. The summed E-state index contributed by atoms with van der Waals surface area (Å²) in [7, 11) is 0. The van der Waals surface area contributed by atoms with E-state index in [0.717, 1.165) is 5.56 Å². The molecule has 0 aliphatic carbocycles. The third-order valence-corrected chi connectivity index (χ3v) is 4.17. The zero-order valence-electron chi connectivity index (χ0n) is 14.1. The first-order valence-electron chi connectivity index (χ1n) is 7.96. The van der Waals surface area contributed by atoms with Crippen molar-refractivity contribution >= 4 is 34.5 Å². The Morgan fingerprint density at radius 3 is 2.73 bits per heavy atom. The smallest absolute Gasteiger partial charge is 0.266 e. The van der Waals surface area contributed by atoms with Crippen LogP contribution in [-0.4, -0.2) is 15.9 Å². The molecule has 3 aromatic rings. The maximum atomic E-state index is 13.1. The number of fused-ring (bicyclic) bond motifs is 1. The molecule has 0 saturated carbocycles. The van der Waals surface area contributed by atoms with Crippen LogP contribution in [0, 0.1) is 0 Å². The molecule has 0 bridgehead atoms. The zero-order valence-corrected chi connectivity index (χ0v) is 14.9. The molecule has 0 unspecified atom stereocenters. The van der Waals surface area contributed by atoms with Crippen LogP contribution in [0.25, 0.3) is 16.7 Å². The van der Waals surface area contributed by atoms with Crippen molar-refractivity contribution in [1.29, 1.82) is 0 Å². The van der Waals surface area contributed by atoms with E-state index >= 15 is 0 Å². The Bertz CT molecular complexity index is 1060. The van der Waals surface area contributed by atoms with Gasteiger partial charge in [0.25, 0.3) is 5.56 Å². The Hall–Kier alpha value is -3.05. The molecule has 1 aromatic heterocycles. The standard InChI is InChI=1S/C20H17ClN2O3/c1-3-22-26-13(2)18-19(24)16-11-15(21)9-10-17(16)23(20(18)25)12-14-7-5-4-6-8-14/h3-11,24H,2,12H2,1H3/b22-3+. The first-order chi connectivity index (χ1) is 12.5. The molecule has 132 valence electrons. The first kappa shape index (κ1) is 17.8. The normalized spacial score (nSPS) is 11.2. The highest BCUT2D eigenvalue weighted by Crippen LogP contribution is 2.32. The lowest BCUT2D eigenvalue weighted by Crippen LogP contribution is -2.24. The maximum absolute atomic E-state index is 13.1. The van der Waals surface area contributed by atoms with Gasteiger partial charge in [-0.25, -0.2) is 0 Å². The molecule has 0 atom stereocenters. The van der Waals surface area contributed by atoms with E-state index in [-0.39, 0.29) is 17.1 Å². The van der Waals surface area contributed by atoms with Gasteiger partial charge in [0.1, 0.15) is 11.3 Å². The van der Waals surface area contributed by atoms with Gasteiger partial charge in [0, 0.05) is 16.6 Å². The van der Waals surface area contributed by atoms with Gasteiger partial charge < -0.3 is 14.5 Å². The summed E-state index contributed by atoms with van der Waals surface area (Å²) in [5.74, 6) is -0.262. The Kier molecular flexibility index (Phi) is 5.09. The summed E-state index contributed by atoms with van der Waals surface area (Å²) in [6.07, 6.45) is 1.42. The second-order valence-electron chi connectivity index (χ2n) is 5.64. The van der Waals surface area contributed by atoms with E-state index in [1.54, 1.807) is 29.7 Å². The Morgan fingerprint density at radius 2 is 2.04 bits per heavy atom. The van der Waals surface area contributed by atoms with Crippen LogP contribution in [0.3, 0.4) is 0 Å². The molecule has 1 heterocycles. The lowest BCUT2D eigenvalue weighted by Gasteiger charge is -2.15. The van der Waals surface area contributed by atoms with Gasteiger partial charge in [0.05, 0.1) is 12.1 Å². The number of aromatic nitrogens is 1. The summed E-state index contributed by atoms with van der Waals surface area (Å²) < 4.78 is 1.56. The fraction of sp³-hybridized carbons (Fsp3) is 0.100. The Morgan fingerprint density at radius 1 is 1.31 bits per heavy atom. The van der Waals surface area contributed by atoms with Gasteiger partial charge >= 0.3 is 0 Å². The Labute approximate surface area is 155 Å². The highest BCUT2D eigenvalue weighted by molar-refractivity contribution is 6.31. The molecular formula is C20H17ClN2O3. The lowest BCUT2D eigenvalue weighted by molar-refractivity contribution is 0.298. The molecule has 6 heteroatoms. The van der Waals surface area contributed by atoms with Gasteiger partial charge in [-0.1, -0.05) is 53.7 Å². The van der Waals surface area contributed by atoms with Crippen molar-refractivity contribution in [3.05, 3.63) is 81.6 Å². The second kappa shape index (κ2) is 7.45. The molecule has 0 aliphatic rings. The summed E-state index contributed by atoms with van der Waals surface area (Å²) in [6, 6.07) is 14.5. The van der Waals surface area contributed by atoms with Crippen LogP contribution in [0.5, 0.6) is 5.75 Å². The summed E-state index contributed by atoms with van der Waals surface area (Å²) in [5, 5.41) is 15.2. The molecular weight excluding hydrogens is 352 g/mol. The molecule has 0 spiro atoms. The van der Waals surface area contributed by atoms with Crippen molar-refractivity contribution in [2.24, 2.45) is 5.16 Å². The second-order valence-corrected chi connectivity index (χ2v) is 6.08. The third-order valence-electron chi connectivity index (χ3n) is 3.93. The van der Waals surface area contributed by atoms with E-state index < -0.39 is 5.56 Å². The van der Waals surface area contributed by atoms with Crippen LogP contribution >= 0.6 is 11.6 Å². The monoisotopic (exact) mass is 368 g/mol. The molecule has 3 rings (SSSR count). The number of pyridine rings is 1. The number of hydrogen-bond donors (Lipinski definition) is 1. The third kappa shape index (κ3) is 3.34. The molecule has 0 radical (unpaired) electrons. The highest BCUT2D eigenvalue weighted by atomic mass is 35.5. The molecule has 0 fully saturated rings. The number of rotatable bonds is 5. The summed E-state index contributed by atoms with van der Waals surface area (Å²) >= 11 is 6.08. The highest BCUT2D eigenvalue weighted by Gasteiger charge is 2.20. The summed E-state index contributed by atoms with van der Waals surface area (Å²) in [4.78, 5) is 18.2. The minimum Gasteiger partial charge on any atom is -0.506 e. The van der Waals surface area contributed by atoms with E-state index in [2.05, 4.69) is 11.7 Å². The van der Waals surface area contributed by atoms with E-state index in [4.69, 9.17) is 16.4 Å². The van der Waals surface area contributed by atoms with Crippen molar-refractivity contribution in [2.75, 3.05) is 0 Å². The lowest BCUT2D eigenvalue weighted by atomic mass is 10.1. The summed E-state index contributed by atoms with van der Waals surface area (Å²) in [6.45, 7) is 5.72. The van der Waals surface area contributed by atoms with Gasteiger partial charge in [-0.2, -0.15) is 0 Å². The van der Waals surface area contributed by atoms with Crippen LogP contribution in [0.1, 0.15) is 18.1 Å². The fourth-order valence-electron chi connectivity index (χ4n) is 2.75. The van der Waals surface area contributed by atoms with Crippen molar-refractivity contribution in [3.8, 4) is 5.75 Å². The minimum absolute atomic E-state index is 0.0331. The fourth-order valence-corrected chi connectivity index (χ4v) is 2.92.